The largest absolute Gasteiger partial charge is 0.466 e. The highest BCUT2D eigenvalue weighted by atomic mass is 32.1. The van der Waals surface area contributed by atoms with Crippen molar-refractivity contribution in [2.45, 2.75) is 6.04 Å². The molecule has 0 aliphatic rings. The molecule has 0 radical (unpaired) electrons. The molecule has 0 aliphatic carbocycles. The second kappa shape index (κ2) is 5.56. The van der Waals surface area contributed by atoms with Crippen LogP contribution in [0, 0.1) is 0 Å². The molecule has 5 heteroatoms. The molecule has 1 heterocycles. The van der Waals surface area contributed by atoms with Crippen molar-refractivity contribution in [3.8, 4) is 11.3 Å². The maximum Gasteiger partial charge on any atom is 0.293 e. The summed E-state index contributed by atoms with van der Waals surface area (Å²) in [7, 11) is 0. The molecule has 17 heavy (non-hydrogen) atoms. The van der Waals surface area contributed by atoms with Gasteiger partial charge in [0.25, 0.3) is 6.47 Å². The summed E-state index contributed by atoms with van der Waals surface area (Å²) in [5, 5.41) is 0. The lowest BCUT2D eigenvalue weighted by Gasteiger charge is -2.10. The molecule has 88 valence electrons. The summed E-state index contributed by atoms with van der Waals surface area (Å²) in [6.07, 6.45) is 0. The van der Waals surface area contributed by atoms with Gasteiger partial charge in [-0.25, -0.2) is 4.98 Å². The molecule has 1 atom stereocenters. The monoisotopic (exact) mass is 248 g/mol. The van der Waals surface area contributed by atoms with E-state index in [4.69, 9.17) is 5.73 Å². The SMILES string of the molecule is NC(COC=O)c1scnc1-c1ccccc1. The van der Waals surface area contributed by atoms with Crippen molar-refractivity contribution in [3.05, 3.63) is 40.7 Å². The van der Waals surface area contributed by atoms with Crippen LogP contribution in [-0.4, -0.2) is 18.1 Å². The van der Waals surface area contributed by atoms with Crippen molar-refractivity contribution in [2.24, 2.45) is 5.73 Å². The topological polar surface area (TPSA) is 65.2 Å². The van der Waals surface area contributed by atoms with Crippen LogP contribution in [0.25, 0.3) is 11.3 Å². The predicted molar refractivity (Wildman–Crippen MR) is 66.5 cm³/mol. The lowest BCUT2D eigenvalue weighted by Crippen LogP contribution is -2.16. The molecule has 1 aromatic carbocycles. The minimum Gasteiger partial charge on any atom is -0.466 e. The van der Waals surface area contributed by atoms with E-state index in [1.54, 1.807) is 5.51 Å². The second-order valence-electron chi connectivity index (χ2n) is 3.47. The van der Waals surface area contributed by atoms with E-state index in [0.29, 0.717) is 6.47 Å². The van der Waals surface area contributed by atoms with Gasteiger partial charge in [-0.15, -0.1) is 11.3 Å². The maximum absolute atomic E-state index is 10.1. The Morgan fingerprint density at radius 2 is 2.18 bits per heavy atom. The molecule has 0 aliphatic heterocycles. The van der Waals surface area contributed by atoms with Crippen LogP contribution in [0.3, 0.4) is 0 Å². The van der Waals surface area contributed by atoms with E-state index in [0.717, 1.165) is 16.1 Å². The van der Waals surface area contributed by atoms with Crippen LogP contribution >= 0.6 is 11.3 Å². The highest BCUT2D eigenvalue weighted by Crippen LogP contribution is 2.29. The Hall–Kier alpha value is -1.72. The average Bonchev–Trinajstić information content (AvgIpc) is 2.86. The van der Waals surface area contributed by atoms with Crippen LogP contribution in [-0.2, 0) is 9.53 Å². The molecule has 1 aromatic heterocycles. The number of hydrogen-bond acceptors (Lipinski definition) is 5. The number of nitrogens with two attached hydrogens (primary N) is 1. The smallest absolute Gasteiger partial charge is 0.293 e. The van der Waals surface area contributed by atoms with Crippen LogP contribution < -0.4 is 5.73 Å². The Morgan fingerprint density at radius 3 is 2.88 bits per heavy atom. The second-order valence-corrected chi connectivity index (χ2v) is 4.35. The summed E-state index contributed by atoms with van der Waals surface area (Å²) < 4.78 is 4.68. The van der Waals surface area contributed by atoms with Crippen LogP contribution in [0.15, 0.2) is 35.8 Å². The molecule has 0 saturated heterocycles. The fraction of sp³-hybridized carbons (Fsp3) is 0.167. The van der Waals surface area contributed by atoms with Gasteiger partial charge in [0.15, 0.2) is 0 Å². The molecule has 0 amide bonds. The van der Waals surface area contributed by atoms with Gasteiger partial charge in [-0.3, -0.25) is 4.79 Å². The van der Waals surface area contributed by atoms with E-state index in [-0.39, 0.29) is 12.6 Å². The number of thiazole rings is 1. The predicted octanol–water partition coefficient (Wildman–Crippen LogP) is 1.98. The standard InChI is InChI=1S/C12H12N2O2S/c13-10(6-16-8-15)12-11(14-7-17-12)9-4-2-1-3-5-9/h1-5,7-8,10H,6,13H2. The van der Waals surface area contributed by atoms with Gasteiger partial charge < -0.3 is 10.5 Å². The van der Waals surface area contributed by atoms with Crippen molar-refractivity contribution < 1.29 is 9.53 Å². The highest BCUT2D eigenvalue weighted by Gasteiger charge is 2.15. The number of benzene rings is 1. The molecule has 2 aromatic rings. The molecule has 0 fully saturated rings. The quantitative estimate of drug-likeness (QED) is 0.822. The van der Waals surface area contributed by atoms with Gasteiger partial charge in [-0.05, 0) is 0 Å². The fourth-order valence-electron chi connectivity index (χ4n) is 1.55. The fourth-order valence-corrected chi connectivity index (χ4v) is 2.35. The summed E-state index contributed by atoms with van der Waals surface area (Å²) >= 11 is 1.47. The number of carbonyl (C=O) groups is 1. The van der Waals surface area contributed by atoms with Crippen LogP contribution in [0.2, 0.25) is 0 Å². The van der Waals surface area contributed by atoms with Crippen LogP contribution in [0.5, 0.6) is 0 Å². The average molecular weight is 248 g/mol. The van der Waals surface area contributed by atoms with Gasteiger partial charge in [-0.1, -0.05) is 30.3 Å². The summed E-state index contributed by atoms with van der Waals surface area (Å²) in [6.45, 7) is 0.578. The number of rotatable bonds is 5. The van der Waals surface area contributed by atoms with Crippen molar-refractivity contribution in [2.75, 3.05) is 6.61 Å². The Morgan fingerprint density at radius 1 is 1.41 bits per heavy atom. The summed E-state index contributed by atoms with van der Waals surface area (Å²) in [5.74, 6) is 0. The zero-order chi connectivity index (χ0) is 12.1. The Bertz CT molecular complexity index is 484. The molecule has 0 spiro atoms. The minimum absolute atomic E-state index is 0.172. The zero-order valence-corrected chi connectivity index (χ0v) is 9.89. The van der Waals surface area contributed by atoms with Gasteiger partial charge in [0, 0.05) is 5.56 Å². The molecule has 0 saturated carbocycles. The number of ether oxygens (including phenoxy) is 1. The molecule has 4 nitrogen and oxygen atoms in total. The number of aromatic nitrogens is 1. The van der Waals surface area contributed by atoms with E-state index < -0.39 is 0 Å². The van der Waals surface area contributed by atoms with E-state index in [9.17, 15) is 4.79 Å². The highest BCUT2D eigenvalue weighted by molar-refractivity contribution is 7.10. The van der Waals surface area contributed by atoms with Crippen molar-refractivity contribution in [1.29, 1.82) is 0 Å². The van der Waals surface area contributed by atoms with Gasteiger partial charge in [0.2, 0.25) is 0 Å². The van der Waals surface area contributed by atoms with Crippen molar-refractivity contribution in [3.63, 3.8) is 0 Å². The normalized spacial score (nSPS) is 12.1. The third-order valence-electron chi connectivity index (χ3n) is 2.32. The van der Waals surface area contributed by atoms with E-state index >= 15 is 0 Å². The summed E-state index contributed by atoms with van der Waals surface area (Å²) in [4.78, 5) is 15.4. The van der Waals surface area contributed by atoms with Gasteiger partial charge in [0.1, 0.15) is 6.61 Å². The van der Waals surface area contributed by atoms with Crippen molar-refractivity contribution >= 4 is 17.8 Å². The lowest BCUT2D eigenvalue weighted by atomic mass is 10.1. The maximum atomic E-state index is 10.1. The Balaban J connectivity index is 2.25. The minimum atomic E-state index is -0.331. The first-order chi connectivity index (χ1) is 8.33. The Labute approximate surface area is 103 Å². The molecule has 2 N–H and O–H groups in total. The molecular weight excluding hydrogens is 236 g/mol. The van der Waals surface area contributed by atoms with E-state index in [2.05, 4.69) is 9.72 Å². The number of nitrogens with zero attached hydrogens (tertiary/aromatic N) is 1. The summed E-state index contributed by atoms with van der Waals surface area (Å²) in [6, 6.07) is 9.48. The molecule has 0 bridgehead atoms. The van der Waals surface area contributed by atoms with Gasteiger partial charge in [-0.2, -0.15) is 0 Å². The molecule has 2 rings (SSSR count). The number of carbonyl (C=O) groups excluding carboxylic acids is 1. The third kappa shape index (κ3) is 2.69. The zero-order valence-electron chi connectivity index (χ0n) is 9.08. The van der Waals surface area contributed by atoms with E-state index in [1.807, 2.05) is 30.3 Å². The molecule has 1 unspecified atom stereocenters. The van der Waals surface area contributed by atoms with E-state index in [1.165, 1.54) is 11.3 Å². The first-order valence-corrected chi connectivity index (χ1v) is 6.00. The van der Waals surface area contributed by atoms with Crippen LogP contribution in [0.4, 0.5) is 0 Å². The van der Waals surface area contributed by atoms with Gasteiger partial charge in [0.05, 0.1) is 22.1 Å². The van der Waals surface area contributed by atoms with Crippen LogP contribution in [0.1, 0.15) is 10.9 Å². The Kier molecular flexibility index (Phi) is 3.85. The van der Waals surface area contributed by atoms with Crippen molar-refractivity contribution in [1.82, 2.24) is 4.98 Å². The van der Waals surface area contributed by atoms with Gasteiger partial charge >= 0.3 is 0 Å². The first kappa shape index (κ1) is 11.8. The third-order valence-corrected chi connectivity index (χ3v) is 3.28. The summed E-state index contributed by atoms with van der Waals surface area (Å²) in [5.41, 5.74) is 9.58. The lowest BCUT2D eigenvalue weighted by molar-refractivity contribution is -0.129. The first-order valence-electron chi connectivity index (χ1n) is 5.12. The molecular formula is C12H12N2O2S. The number of hydrogen-bond donors (Lipinski definition) is 1.